The molecule has 9 nitrogen and oxygen atoms in total. The molecular weight excluding hydrogens is 346 g/mol. The Bertz CT molecular complexity index is 1040. The summed E-state index contributed by atoms with van der Waals surface area (Å²) in [5.41, 5.74) is 5.21. The van der Waals surface area contributed by atoms with E-state index in [4.69, 9.17) is 0 Å². The van der Waals surface area contributed by atoms with E-state index in [2.05, 4.69) is 25.9 Å². The second-order valence-electron chi connectivity index (χ2n) is 6.07. The number of fused-ring (bicyclic) bond motifs is 1. The number of nitrogens with zero attached hydrogens (tertiary/aromatic N) is 5. The van der Waals surface area contributed by atoms with Crippen LogP contribution in [0.1, 0.15) is 11.4 Å². The van der Waals surface area contributed by atoms with Crippen LogP contribution >= 0.6 is 0 Å². The number of anilines is 1. The van der Waals surface area contributed by atoms with Crippen molar-refractivity contribution in [3.05, 3.63) is 60.0 Å². The molecule has 0 atom stereocenters. The summed E-state index contributed by atoms with van der Waals surface area (Å²) < 4.78 is 1.79. The van der Waals surface area contributed by atoms with Crippen molar-refractivity contribution in [2.45, 2.75) is 13.5 Å². The van der Waals surface area contributed by atoms with Crippen molar-refractivity contribution in [2.24, 2.45) is 4.99 Å². The van der Waals surface area contributed by atoms with Gasteiger partial charge in [-0.2, -0.15) is 0 Å². The van der Waals surface area contributed by atoms with Crippen molar-refractivity contribution < 1.29 is 9.59 Å². The third-order valence-electron chi connectivity index (χ3n) is 4.14. The van der Waals surface area contributed by atoms with Crippen molar-refractivity contribution in [3.63, 3.8) is 0 Å². The zero-order chi connectivity index (χ0) is 18.8. The van der Waals surface area contributed by atoms with Crippen molar-refractivity contribution in [3.8, 4) is 0 Å². The zero-order valence-electron chi connectivity index (χ0n) is 14.6. The van der Waals surface area contributed by atoms with Crippen molar-refractivity contribution in [1.29, 1.82) is 0 Å². The Balaban J connectivity index is 1.45. The lowest BCUT2D eigenvalue weighted by molar-refractivity contribution is -0.118. The van der Waals surface area contributed by atoms with Gasteiger partial charge in [-0.3, -0.25) is 24.4 Å². The molecule has 0 saturated carbocycles. The molecule has 0 bridgehead atoms. The molecule has 0 spiro atoms. The van der Waals surface area contributed by atoms with Crippen molar-refractivity contribution in [2.75, 3.05) is 11.6 Å². The molecule has 0 radical (unpaired) electrons. The quantitative estimate of drug-likeness (QED) is 0.707. The van der Waals surface area contributed by atoms with E-state index in [-0.39, 0.29) is 24.8 Å². The van der Waals surface area contributed by atoms with Gasteiger partial charge in [-0.25, -0.2) is 5.01 Å². The number of carbonyl (C=O) groups excluding carboxylic acids is 2. The van der Waals surface area contributed by atoms with Crippen LogP contribution < -0.4 is 15.8 Å². The number of aliphatic imine (C=N–C) groups is 1. The highest BCUT2D eigenvalue weighted by molar-refractivity contribution is 6.39. The predicted octanol–water partition coefficient (Wildman–Crippen LogP) is 0.604. The van der Waals surface area contributed by atoms with Crippen LogP contribution in [-0.2, 0) is 16.1 Å². The molecule has 27 heavy (non-hydrogen) atoms. The Labute approximate surface area is 154 Å². The van der Waals surface area contributed by atoms with Gasteiger partial charge in [0.05, 0.1) is 12.2 Å². The van der Waals surface area contributed by atoms with Gasteiger partial charge in [0, 0.05) is 6.20 Å². The molecule has 9 heteroatoms. The molecule has 0 aliphatic carbocycles. The van der Waals surface area contributed by atoms with Gasteiger partial charge in [0.15, 0.2) is 11.5 Å². The smallest absolute Gasteiger partial charge is 0.288 e. The maximum absolute atomic E-state index is 12.5. The third kappa shape index (κ3) is 3.34. The van der Waals surface area contributed by atoms with E-state index in [9.17, 15) is 9.59 Å². The highest BCUT2D eigenvalue weighted by Gasteiger charge is 2.25. The van der Waals surface area contributed by atoms with Crippen LogP contribution in [0.3, 0.4) is 0 Å². The van der Waals surface area contributed by atoms with Gasteiger partial charge in [0.1, 0.15) is 6.54 Å². The number of rotatable bonds is 4. The van der Waals surface area contributed by atoms with Crippen molar-refractivity contribution >= 4 is 29.0 Å². The number of aromatic nitrogens is 3. The van der Waals surface area contributed by atoms with E-state index in [1.165, 1.54) is 5.01 Å². The first kappa shape index (κ1) is 16.7. The molecule has 1 aromatic carbocycles. The van der Waals surface area contributed by atoms with Crippen LogP contribution in [0.5, 0.6) is 0 Å². The highest BCUT2D eigenvalue weighted by atomic mass is 16.2. The van der Waals surface area contributed by atoms with Crippen LogP contribution in [0.25, 0.3) is 5.65 Å². The monoisotopic (exact) mass is 363 g/mol. The average Bonchev–Trinajstić information content (AvgIpc) is 3.10. The summed E-state index contributed by atoms with van der Waals surface area (Å²) in [5.74, 6) is 0.0111. The Morgan fingerprint density at radius 1 is 1.19 bits per heavy atom. The molecule has 2 N–H and O–H groups in total. The number of pyridine rings is 1. The minimum atomic E-state index is -0.424. The summed E-state index contributed by atoms with van der Waals surface area (Å²) in [7, 11) is 0. The summed E-state index contributed by atoms with van der Waals surface area (Å²) in [5, 5.41) is 12.2. The topological polar surface area (TPSA) is 104 Å². The molecule has 2 aromatic heterocycles. The number of benzene rings is 1. The molecule has 4 rings (SSSR count). The minimum absolute atomic E-state index is 0.0731. The first-order valence-corrected chi connectivity index (χ1v) is 8.39. The van der Waals surface area contributed by atoms with E-state index in [0.717, 1.165) is 5.56 Å². The van der Waals surface area contributed by atoms with Gasteiger partial charge >= 0.3 is 0 Å². The van der Waals surface area contributed by atoms with Crippen LogP contribution in [0.15, 0.2) is 53.7 Å². The zero-order valence-corrected chi connectivity index (χ0v) is 14.6. The van der Waals surface area contributed by atoms with Gasteiger partial charge in [-0.15, -0.1) is 10.2 Å². The molecule has 1 aliphatic heterocycles. The summed E-state index contributed by atoms with van der Waals surface area (Å²) in [4.78, 5) is 28.6. The fraction of sp³-hybridized carbons (Fsp3) is 0.167. The molecule has 136 valence electrons. The number of carbonyl (C=O) groups is 2. The maximum atomic E-state index is 12.5. The number of amides is 2. The van der Waals surface area contributed by atoms with Gasteiger partial charge in [-0.1, -0.05) is 23.8 Å². The van der Waals surface area contributed by atoms with E-state index in [1.807, 2.05) is 55.6 Å². The number of nitrogens with one attached hydrogen (secondary N) is 2. The van der Waals surface area contributed by atoms with E-state index < -0.39 is 5.91 Å². The molecule has 2 amide bonds. The number of amidine groups is 1. The standard InChI is InChI=1S/C18H17N7O2/c1-12-5-7-13(8-6-12)25-16(26)11-19-17(23-25)18(27)20-10-15-22-21-14-4-2-3-9-24(14)15/h2-9H,10-11H2,1H3,(H,19,23)(H,20,27). The minimum Gasteiger partial charge on any atom is -0.342 e. The Morgan fingerprint density at radius 2 is 2.00 bits per heavy atom. The molecule has 1 aliphatic rings. The van der Waals surface area contributed by atoms with Gasteiger partial charge in [0.25, 0.3) is 11.8 Å². The number of aryl methyl sites for hydroxylation is 1. The van der Waals surface area contributed by atoms with Crippen LogP contribution in [0, 0.1) is 6.92 Å². The van der Waals surface area contributed by atoms with Crippen molar-refractivity contribution in [1.82, 2.24) is 25.3 Å². The summed E-state index contributed by atoms with van der Waals surface area (Å²) >= 11 is 0. The molecule has 3 aromatic rings. The number of hydrazine groups is 1. The lowest BCUT2D eigenvalue weighted by atomic mass is 10.2. The Hall–Kier alpha value is -3.75. The van der Waals surface area contributed by atoms with Crippen LogP contribution in [0.2, 0.25) is 0 Å². The van der Waals surface area contributed by atoms with Crippen LogP contribution in [0.4, 0.5) is 5.69 Å². The van der Waals surface area contributed by atoms with E-state index >= 15 is 0 Å². The lowest BCUT2D eigenvalue weighted by Crippen LogP contribution is -2.55. The Kier molecular flexibility index (Phi) is 4.25. The fourth-order valence-electron chi connectivity index (χ4n) is 2.70. The third-order valence-corrected chi connectivity index (χ3v) is 4.14. The van der Waals surface area contributed by atoms with E-state index in [1.54, 1.807) is 4.40 Å². The summed E-state index contributed by atoms with van der Waals surface area (Å²) in [6.07, 6.45) is 1.82. The lowest BCUT2D eigenvalue weighted by Gasteiger charge is -2.27. The van der Waals surface area contributed by atoms with Gasteiger partial charge < -0.3 is 5.32 Å². The summed E-state index contributed by atoms with van der Waals surface area (Å²) in [6.45, 7) is 2.05. The maximum Gasteiger partial charge on any atom is 0.288 e. The molecular formula is C18H17N7O2. The van der Waals surface area contributed by atoms with Gasteiger partial charge in [-0.05, 0) is 31.2 Å². The van der Waals surface area contributed by atoms with E-state index in [0.29, 0.717) is 17.2 Å². The Morgan fingerprint density at radius 3 is 2.81 bits per heavy atom. The average molecular weight is 363 g/mol. The van der Waals surface area contributed by atoms with Gasteiger partial charge in [0.2, 0.25) is 5.84 Å². The normalized spacial score (nSPS) is 14.0. The van der Waals surface area contributed by atoms with Crippen LogP contribution in [-0.4, -0.2) is 38.8 Å². The highest BCUT2D eigenvalue weighted by Crippen LogP contribution is 2.15. The molecule has 0 saturated heterocycles. The molecule has 0 fully saturated rings. The first-order valence-electron chi connectivity index (χ1n) is 8.39. The predicted molar refractivity (Wildman–Crippen MR) is 98.9 cm³/mol. The SMILES string of the molecule is Cc1ccc(N2NC(C(=O)NCc3nnc4ccccn34)=NCC2=O)cc1. The largest absolute Gasteiger partial charge is 0.342 e. The summed E-state index contributed by atoms with van der Waals surface area (Å²) in [6, 6.07) is 13.0. The first-order chi connectivity index (χ1) is 13.1. The number of hydrogen-bond donors (Lipinski definition) is 2. The number of hydrogen-bond acceptors (Lipinski definition) is 6. The fourth-order valence-corrected chi connectivity index (χ4v) is 2.70. The molecule has 0 unspecified atom stereocenters. The second kappa shape index (κ2) is 6.87. The molecule has 3 heterocycles. The second-order valence-corrected chi connectivity index (χ2v) is 6.07.